The highest BCUT2D eigenvalue weighted by Gasteiger charge is 2.16. The average Bonchev–Trinajstić information content (AvgIpc) is 3.04. The third-order valence-corrected chi connectivity index (χ3v) is 6.04. The number of aromatic nitrogens is 3. The number of rotatable bonds is 4. The van der Waals surface area contributed by atoms with E-state index >= 15 is 0 Å². The van der Waals surface area contributed by atoms with Gasteiger partial charge in [0.05, 0.1) is 0 Å². The van der Waals surface area contributed by atoms with Crippen molar-refractivity contribution in [3.8, 4) is 17.1 Å². The monoisotopic (exact) mass is 458 g/mol. The van der Waals surface area contributed by atoms with Gasteiger partial charge in [-0.25, -0.2) is 9.47 Å². The van der Waals surface area contributed by atoms with Gasteiger partial charge in [0, 0.05) is 32.8 Å². The number of nitrogens with zero attached hydrogens (tertiary/aromatic N) is 3. The fraction of sp³-hybridized carbons (Fsp3) is 0.105. The number of thioether (sulfide) groups is 1. The van der Waals surface area contributed by atoms with Crippen molar-refractivity contribution in [2.75, 3.05) is 5.84 Å². The van der Waals surface area contributed by atoms with Crippen molar-refractivity contribution in [2.45, 2.75) is 17.8 Å². The summed E-state index contributed by atoms with van der Waals surface area (Å²) in [5.41, 5.74) is 2.04. The van der Waals surface area contributed by atoms with Crippen LogP contribution in [0.2, 0.25) is 0 Å². The predicted octanol–water partition coefficient (Wildman–Crippen LogP) is 3.83. The lowest BCUT2D eigenvalue weighted by Crippen LogP contribution is -2.12. The first-order chi connectivity index (χ1) is 13.5. The maximum atomic E-state index is 12.0. The van der Waals surface area contributed by atoms with Gasteiger partial charge in [-0.1, -0.05) is 39.8 Å². The van der Waals surface area contributed by atoms with Crippen LogP contribution in [0.5, 0.6) is 5.75 Å². The second-order valence-corrected chi connectivity index (χ2v) is 7.92. The molecule has 0 fully saturated rings. The van der Waals surface area contributed by atoms with Gasteiger partial charge in [0.15, 0.2) is 5.82 Å². The summed E-state index contributed by atoms with van der Waals surface area (Å²) in [5, 5.41) is 19.5. The summed E-state index contributed by atoms with van der Waals surface area (Å²) in [6.45, 7) is 1.71. The average molecular weight is 459 g/mol. The Bertz CT molecular complexity index is 1250. The molecule has 0 aliphatic carbocycles. The number of phenols is 1. The SMILES string of the molecule is Cc1c(O)ccc2c(CSc3nnc(-c4ccccc4Br)n3N)cc(=O)oc12. The number of hydrogen-bond acceptors (Lipinski definition) is 7. The molecule has 142 valence electrons. The third-order valence-electron chi connectivity index (χ3n) is 4.35. The summed E-state index contributed by atoms with van der Waals surface area (Å²) in [6, 6.07) is 12.4. The number of nitrogen functional groups attached to an aromatic ring is 1. The highest BCUT2D eigenvalue weighted by molar-refractivity contribution is 9.10. The number of aromatic hydroxyl groups is 1. The Morgan fingerprint density at radius 1 is 1.25 bits per heavy atom. The number of phenolic OH excluding ortho intramolecular Hbond substituents is 1. The van der Waals surface area contributed by atoms with Gasteiger partial charge in [0.1, 0.15) is 11.3 Å². The molecule has 0 aliphatic rings. The van der Waals surface area contributed by atoms with Crippen molar-refractivity contribution < 1.29 is 9.52 Å². The lowest BCUT2D eigenvalue weighted by Gasteiger charge is -2.08. The highest BCUT2D eigenvalue weighted by atomic mass is 79.9. The molecule has 2 heterocycles. The molecular weight excluding hydrogens is 444 g/mol. The molecule has 2 aromatic carbocycles. The maximum Gasteiger partial charge on any atom is 0.336 e. The van der Waals surface area contributed by atoms with Crippen LogP contribution in [0.3, 0.4) is 0 Å². The molecule has 4 rings (SSSR count). The number of benzene rings is 2. The van der Waals surface area contributed by atoms with Crippen LogP contribution in [-0.4, -0.2) is 20.0 Å². The molecule has 0 aliphatic heterocycles. The van der Waals surface area contributed by atoms with Crippen LogP contribution < -0.4 is 11.5 Å². The molecule has 9 heteroatoms. The third kappa shape index (κ3) is 3.27. The summed E-state index contributed by atoms with van der Waals surface area (Å²) >= 11 is 4.85. The first-order valence-electron chi connectivity index (χ1n) is 8.29. The molecule has 0 saturated carbocycles. The molecule has 0 spiro atoms. The summed E-state index contributed by atoms with van der Waals surface area (Å²) in [5.74, 6) is 7.25. The maximum absolute atomic E-state index is 12.0. The van der Waals surface area contributed by atoms with Crippen molar-refractivity contribution in [1.29, 1.82) is 0 Å². The molecule has 0 atom stereocenters. The zero-order valence-corrected chi connectivity index (χ0v) is 17.1. The normalized spacial score (nSPS) is 11.2. The van der Waals surface area contributed by atoms with E-state index in [9.17, 15) is 9.90 Å². The topological polar surface area (TPSA) is 107 Å². The minimum atomic E-state index is -0.472. The van der Waals surface area contributed by atoms with E-state index in [1.807, 2.05) is 24.3 Å². The van der Waals surface area contributed by atoms with E-state index in [2.05, 4.69) is 26.1 Å². The Kier molecular flexibility index (Phi) is 4.86. The fourth-order valence-corrected chi connectivity index (χ4v) is 4.19. The summed E-state index contributed by atoms with van der Waals surface area (Å²) in [7, 11) is 0. The van der Waals surface area contributed by atoms with Crippen molar-refractivity contribution in [3.05, 3.63) is 68.5 Å². The molecule has 28 heavy (non-hydrogen) atoms. The lowest BCUT2D eigenvalue weighted by atomic mass is 10.1. The van der Waals surface area contributed by atoms with Crippen molar-refractivity contribution in [1.82, 2.24) is 14.9 Å². The van der Waals surface area contributed by atoms with Crippen molar-refractivity contribution in [2.24, 2.45) is 0 Å². The molecule has 0 bridgehead atoms. The van der Waals surface area contributed by atoms with E-state index in [0.29, 0.717) is 27.9 Å². The zero-order chi connectivity index (χ0) is 19.8. The molecule has 0 radical (unpaired) electrons. The van der Waals surface area contributed by atoms with Gasteiger partial charge in [-0.3, -0.25) is 0 Å². The van der Waals surface area contributed by atoms with E-state index in [1.54, 1.807) is 19.1 Å². The van der Waals surface area contributed by atoms with Gasteiger partial charge in [0.25, 0.3) is 0 Å². The molecule has 3 N–H and O–H groups in total. The largest absolute Gasteiger partial charge is 0.508 e. The number of nitrogens with two attached hydrogens (primary N) is 1. The Balaban J connectivity index is 1.67. The standard InChI is InChI=1S/C19H15BrN4O3S/c1-10-15(25)7-6-12-11(8-16(26)27-17(10)12)9-28-19-23-22-18(24(19)21)13-4-2-3-5-14(13)20/h2-8,25H,9,21H2,1H3. The first kappa shape index (κ1) is 18.6. The Hall–Kier alpha value is -2.78. The van der Waals surface area contributed by atoms with E-state index in [0.717, 1.165) is 21.0 Å². The Morgan fingerprint density at radius 2 is 2.04 bits per heavy atom. The van der Waals surface area contributed by atoms with E-state index in [4.69, 9.17) is 10.3 Å². The molecule has 2 aromatic heterocycles. The summed E-state index contributed by atoms with van der Waals surface area (Å²) in [4.78, 5) is 12.0. The van der Waals surface area contributed by atoms with Gasteiger partial charge < -0.3 is 15.4 Å². The van der Waals surface area contributed by atoms with Crippen molar-refractivity contribution >= 4 is 38.7 Å². The summed E-state index contributed by atoms with van der Waals surface area (Å²) < 4.78 is 7.57. The van der Waals surface area contributed by atoms with Gasteiger partial charge in [-0.15, -0.1) is 10.2 Å². The number of fused-ring (bicyclic) bond motifs is 1. The molecule has 4 aromatic rings. The van der Waals surface area contributed by atoms with Crippen LogP contribution in [-0.2, 0) is 5.75 Å². The number of hydrogen-bond donors (Lipinski definition) is 2. The summed E-state index contributed by atoms with van der Waals surface area (Å²) in [6.07, 6.45) is 0. The smallest absolute Gasteiger partial charge is 0.336 e. The van der Waals surface area contributed by atoms with Crippen LogP contribution in [0.1, 0.15) is 11.1 Å². The number of aryl methyl sites for hydroxylation is 1. The highest BCUT2D eigenvalue weighted by Crippen LogP contribution is 2.32. The fourth-order valence-electron chi connectivity index (χ4n) is 2.88. The van der Waals surface area contributed by atoms with Crippen LogP contribution in [0.25, 0.3) is 22.4 Å². The van der Waals surface area contributed by atoms with Crippen molar-refractivity contribution in [3.63, 3.8) is 0 Å². The van der Waals surface area contributed by atoms with E-state index in [1.165, 1.54) is 22.5 Å². The molecule has 0 saturated heterocycles. The van der Waals surface area contributed by atoms with E-state index in [-0.39, 0.29) is 5.75 Å². The molecule has 7 nitrogen and oxygen atoms in total. The Labute approximate surface area is 172 Å². The van der Waals surface area contributed by atoms with Gasteiger partial charge in [0.2, 0.25) is 5.16 Å². The van der Waals surface area contributed by atoms with Crippen LogP contribution in [0.15, 0.2) is 61.3 Å². The quantitative estimate of drug-likeness (QED) is 0.271. The van der Waals surface area contributed by atoms with Crippen LogP contribution in [0.4, 0.5) is 0 Å². The predicted molar refractivity (Wildman–Crippen MR) is 112 cm³/mol. The molecule has 0 unspecified atom stereocenters. The van der Waals surface area contributed by atoms with Gasteiger partial charge >= 0.3 is 5.63 Å². The van der Waals surface area contributed by atoms with Gasteiger partial charge in [-0.2, -0.15) is 0 Å². The number of halogens is 1. The minimum absolute atomic E-state index is 0.0836. The van der Waals surface area contributed by atoms with Crippen LogP contribution >= 0.6 is 27.7 Å². The Morgan fingerprint density at radius 3 is 2.82 bits per heavy atom. The minimum Gasteiger partial charge on any atom is -0.508 e. The van der Waals surface area contributed by atoms with Crippen LogP contribution in [0, 0.1) is 6.92 Å². The lowest BCUT2D eigenvalue weighted by molar-refractivity contribution is 0.468. The van der Waals surface area contributed by atoms with E-state index < -0.39 is 5.63 Å². The first-order valence-corrected chi connectivity index (χ1v) is 10.1. The second kappa shape index (κ2) is 7.33. The zero-order valence-electron chi connectivity index (χ0n) is 14.7. The molecular formula is C19H15BrN4O3S. The molecule has 0 amide bonds. The second-order valence-electron chi connectivity index (χ2n) is 6.12. The van der Waals surface area contributed by atoms with Gasteiger partial charge in [-0.05, 0) is 36.8 Å².